The summed E-state index contributed by atoms with van der Waals surface area (Å²) in [4.78, 5) is 10.6. The summed E-state index contributed by atoms with van der Waals surface area (Å²) >= 11 is 0. The van der Waals surface area contributed by atoms with Crippen molar-refractivity contribution in [3.8, 4) is 5.75 Å². The van der Waals surface area contributed by atoms with Gasteiger partial charge in [-0.25, -0.2) is 0 Å². The van der Waals surface area contributed by atoms with Crippen LogP contribution in [0.5, 0.6) is 5.75 Å². The third-order valence-corrected chi connectivity index (χ3v) is 4.02. The Labute approximate surface area is 119 Å². The van der Waals surface area contributed by atoms with E-state index < -0.39 is 4.92 Å². The van der Waals surface area contributed by atoms with E-state index in [2.05, 4.69) is 12.2 Å². The van der Waals surface area contributed by atoms with Gasteiger partial charge in [0.1, 0.15) is 0 Å². The van der Waals surface area contributed by atoms with E-state index in [-0.39, 0.29) is 5.69 Å². The largest absolute Gasteiger partial charge is 0.490 e. The highest BCUT2D eigenvalue weighted by molar-refractivity contribution is 5.58. The number of hydrogen-bond donors (Lipinski definition) is 1. The van der Waals surface area contributed by atoms with E-state index in [1.165, 1.54) is 32.8 Å². The van der Waals surface area contributed by atoms with Crippen LogP contribution in [0, 0.1) is 22.0 Å². The van der Waals surface area contributed by atoms with Gasteiger partial charge >= 0.3 is 5.69 Å². The molecule has 0 bridgehead atoms. The summed E-state index contributed by atoms with van der Waals surface area (Å²) in [5.74, 6) is 1.76. The molecule has 0 aromatic heterocycles. The molecule has 0 saturated heterocycles. The Morgan fingerprint density at radius 2 is 2.25 bits per heavy atom. The minimum absolute atomic E-state index is 0.00881. The molecule has 5 heteroatoms. The zero-order valence-electron chi connectivity index (χ0n) is 12.1. The summed E-state index contributed by atoms with van der Waals surface area (Å²) in [6.45, 7) is 3.18. The van der Waals surface area contributed by atoms with Gasteiger partial charge in [-0.05, 0) is 36.8 Å². The number of rotatable bonds is 5. The van der Waals surface area contributed by atoms with Gasteiger partial charge in [0.05, 0.1) is 12.0 Å². The molecule has 0 aliphatic heterocycles. The summed E-state index contributed by atoms with van der Waals surface area (Å²) in [7, 11) is 1.44. The molecule has 2 rings (SSSR count). The summed E-state index contributed by atoms with van der Waals surface area (Å²) in [6.07, 6.45) is 5.10. The van der Waals surface area contributed by atoms with Crippen molar-refractivity contribution in [3.05, 3.63) is 28.3 Å². The van der Waals surface area contributed by atoms with Gasteiger partial charge in [-0.2, -0.15) is 0 Å². The Morgan fingerprint density at radius 1 is 1.45 bits per heavy atom. The van der Waals surface area contributed by atoms with Gasteiger partial charge in [0.15, 0.2) is 5.75 Å². The van der Waals surface area contributed by atoms with Gasteiger partial charge in [0.2, 0.25) is 0 Å². The fourth-order valence-electron chi connectivity index (χ4n) is 2.95. The van der Waals surface area contributed by atoms with Crippen LogP contribution in [0.4, 0.5) is 11.4 Å². The minimum Gasteiger partial charge on any atom is -0.490 e. The van der Waals surface area contributed by atoms with Crippen LogP contribution in [0.25, 0.3) is 0 Å². The molecule has 2 unspecified atom stereocenters. The Balaban J connectivity index is 1.99. The zero-order chi connectivity index (χ0) is 14.5. The number of ether oxygens (including phenoxy) is 1. The van der Waals surface area contributed by atoms with Crippen molar-refractivity contribution in [1.29, 1.82) is 0 Å². The maximum absolute atomic E-state index is 11.0. The minimum atomic E-state index is -0.410. The maximum Gasteiger partial charge on any atom is 0.312 e. The van der Waals surface area contributed by atoms with E-state index in [1.54, 1.807) is 12.1 Å². The summed E-state index contributed by atoms with van der Waals surface area (Å²) in [6, 6.07) is 5.02. The molecule has 1 aliphatic rings. The summed E-state index contributed by atoms with van der Waals surface area (Å²) in [5.41, 5.74) is 0.797. The third-order valence-electron chi connectivity index (χ3n) is 4.02. The van der Waals surface area contributed by atoms with Gasteiger partial charge in [0, 0.05) is 18.3 Å². The molecule has 0 amide bonds. The lowest BCUT2D eigenvalue weighted by molar-refractivity contribution is -0.385. The van der Waals surface area contributed by atoms with E-state index >= 15 is 0 Å². The molecule has 110 valence electrons. The van der Waals surface area contributed by atoms with Crippen LogP contribution in [-0.4, -0.2) is 18.6 Å². The molecular formula is C15H22N2O3. The Bertz CT molecular complexity index is 476. The predicted molar refractivity (Wildman–Crippen MR) is 79.3 cm³/mol. The van der Waals surface area contributed by atoms with E-state index in [0.29, 0.717) is 11.7 Å². The van der Waals surface area contributed by atoms with Gasteiger partial charge < -0.3 is 10.1 Å². The molecule has 1 N–H and O–H groups in total. The average Bonchev–Trinajstić information content (AvgIpc) is 2.45. The number of hydrogen-bond acceptors (Lipinski definition) is 4. The SMILES string of the molecule is COc1ccc(NCC2CCCC(C)C2)cc1[N+](=O)[O-]. The van der Waals surface area contributed by atoms with Crippen LogP contribution < -0.4 is 10.1 Å². The van der Waals surface area contributed by atoms with Crippen molar-refractivity contribution in [3.63, 3.8) is 0 Å². The number of nitrogens with zero attached hydrogens (tertiary/aromatic N) is 1. The highest BCUT2D eigenvalue weighted by Gasteiger charge is 2.19. The maximum atomic E-state index is 11.0. The molecule has 2 atom stereocenters. The van der Waals surface area contributed by atoms with Gasteiger partial charge in [-0.15, -0.1) is 0 Å². The summed E-state index contributed by atoms with van der Waals surface area (Å²) < 4.78 is 5.00. The highest BCUT2D eigenvalue weighted by atomic mass is 16.6. The number of nitrogens with one attached hydrogen (secondary N) is 1. The van der Waals surface area contributed by atoms with Gasteiger partial charge in [-0.1, -0.05) is 19.8 Å². The predicted octanol–water partition coefficient (Wildman–Crippen LogP) is 3.84. The molecule has 0 heterocycles. The van der Waals surface area contributed by atoms with Crippen LogP contribution in [0.15, 0.2) is 18.2 Å². The molecule has 20 heavy (non-hydrogen) atoms. The molecule has 1 saturated carbocycles. The van der Waals surface area contributed by atoms with Gasteiger partial charge in [0.25, 0.3) is 0 Å². The van der Waals surface area contributed by atoms with Crippen LogP contribution in [0.3, 0.4) is 0 Å². The van der Waals surface area contributed by atoms with Crippen LogP contribution in [-0.2, 0) is 0 Å². The molecule has 1 aromatic carbocycles. The van der Waals surface area contributed by atoms with Crippen molar-refractivity contribution in [2.45, 2.75) is 32.6 Å². The lowest BCUT2D eigenvalue weighted by Gasteiger charge is -2.27. The number of nitro groups is 1. The van der Waals surface area contributed by atoms with Crippen LogP contribution in [0.1, 0.15) is 32.6 Å². The third kappa shape index (κ3) is 3.62. The van der Waals surface area contributed by atoms with E-state index in [9.17, 15) is 10.1 Å². The first-order valence-electron chi connectivity index (χ1n) is 7.16. The number of benzene rings is 1. The highest BCUT2D eigenvalue weighted by Crippen LogP contribution is 2.31. The lowest BCUT2D eigenvalue weighted by atomic mass is 9.82. The van der Waals surface area contributed by atoms with Crippen molar-refractivity contribution in [1.82, 2.24) is 0 Å². The first-order chi connectivity index (χ1) is 9.60. The van der Waals surface area contributed by atoms with Crippen molar-refractivity contribution in [2.24, 2.45) is 11.8 Å². The van der Waals surface area contributed by atoms with Crippen molar-refractivity contribution >= 4 is 11.4 Å². The molecule has 1 aromatic rings. The van der Waals surface area contributed by atoms with Crippen molar-refractivity contribution < 1.29 is 9.66 Å². The smallest absolute Gasteiger partial charge is 0.312 e. The van der Waals surface area contributed by atoms with E-state index in [4.69, 9.17) is 4.74 Å². The zero-order valence-corrected chi connectivity index (χ0v) is 12.1. The molecule has 1 fully saturated rings. The normalized spacial score (nSPS) is 22.3. The molecule has 1 aliphatic carbocycles. The second kappa shape index (κ2) is 6.59. The van der Waals surface area contributed by atoms with Crippen molar-refractivity contribution in [2.75, 3.05) is 19.0 Å². The number of anilines is 1. The topological polar surface area (TPSA) is 64.4 Å². The molecule has 0 spiro atoms. The van der Waals surface area contributed by atoms with Gasteiger partial charge in [-0.3, -0.25) is 10.1 Å². The Hall–Kier alpha value is -1.78. The van der Waals surface area contributed by atoms with Crippen LogP contribution in [0.2, 0.25) is 0 Å². The lowest BCUT2D eigenvalue weighted by Crippen LogP contribution is -2.21. The molecular weight excluding hydrogens is 256 g/mol. The summed E-state index contributed by atoms with van der Waals surface area (Å²) in [5, 5.41) is 14.3. The first kappa shape index (κ1) is 14.6. The second-order valence-corrected chi connectivity index (χ2v) is 5.66. The monoisotopic (exact) mass is 278 g/mol. The fourth-order valence-corrected chi connectivity index (χ4v) is 2.95. The Morgan fingerprint density at radius 3 is 2.90 bits per heavy atom. The average molecular weight is 278 g/mol. The fraction of sp³-hybridized carbons (Fsp3) is 0.600. The number of methoxy groups -OCH3 is 1. The first-order valence-corrected chi connectivity index (χ1v) is 7.16. The quantitative estimate of drug-likeness (QED) is 0.656. The second-order valence-electron chi connectivity index (χ2n) is 5.66. The van der Waals surface area contributed by atoms with E-state index in [0.717, 1.165) is 18.2 Å². The van der Waals surface area contributed by atoms with Crippen LogP contribution >= 0.6 is 0 Å². The number of nitro benzene ring substituents is 1. The molecule has 5 nitrogen and oxygen atoms in total. The molecule has 0 radical (unpaired) electrons. The standard InChI is InChI=1S/C15H22N2O3/c1-11-4-3-5-12(8-11)10-16-13-6-7-15(20-2)14(9-13)17(18)19/h6-7,9,11-12,16H,3-5,8,10H2,1-2H3. The van der Waals surface area contributed by atoms with E-state index in [1.807, 2.05) is 6.07 Å². The Kier molecular flexibility index (Phi) is 4.82.